The molecule has 1 amide bonds. The fraction of sp³-hybridized carbons (Fsp3) is 0.391. The lowest BCUT2D eigenvalue weighted by Gasteiger charge is -2.27. The third-order valence-corrected chi connectivity index (χ3v) is 6.61. The van der Waals surface area contributed by atoms with E-state index in [4.69, 9.17) is 0 Å². The van der Waals surface area contributed by atoms with Crippen LogP contribution in [0.3, 0.4) is 0 Å². The molecule has 0 radical (unpaired) electrons. The molecule has 3 heterocycles. The molecule has 184 valence electrons. The normalized spacial score (nSPS) is 22.7. The molecule has 1 aliphatic heterocycles. The van der Waals surface area contributed by atoms with Crippen LogP contribution in [0.25, 0.3) is 5.69 Å². The number of fused-ring (bicyclic) bond motifs is 1. The van der Waals surface area contributed by atoms with Gasteiger partial charge in [0.2, 0.25) is 5.91 Å². The number of anilines is 1. The fourth-order valence-corrected chi connectivity index (χ4v) is 5.16. The Bertz CT molecular complexity index is 1280. The van der Waals surface area contributed by atoms with E-state index in [1.165, 1.54) is 34.9 Å². The number of carbonyl (C=O) groups is 1. The highest BCUT2D eigenvalue weighted by Crippen LogP contribution is 2.51. The molecule has 1 aliphatic carbocycles. The van der Waals surface area contributed by atoms with Gasteiger partial charge in [-0.1, -0.05) is 12.5 Å². The summed E-state index contributed by atoms with van der Waals surface area (Å²) in [6.07, 6.45) is -6.06. The zero-order chi connectivity index (χ0) is 25.1. The van der Waals surface area contributed by atoms with Crippen molar-refractivity contribution in [1.29, 1.82) is 0 Å². The number of benzene rings is 1. The monoisotopic (exact) mass is 495 g/mol. The molecule has 1 aromatic carbocycles. The molecule has 2 aromatic heterocycles. The standard InChI is InChI=1S/C23H19F6N5O/c1-12-8-14(23(27,28)29)10-18(31-12)34-19(16-6-3-7-17(16)21(34)35)20-32-30-11-33(20)15-5-2-4-13(9-15)22(24,25)26/h2,4-5,8-11,16-17,19H,3,6-7H2,1H3. The van der Waals surface area contributed by atoms with E-state index in [0.29, 0.717) is 12.8 Å². The molecule has 5 rings (SSSR count). The number of aromatic nitrogens is 4. The molecule has 3 unspecified atom stereocenters. The van der Waals surface area contributed by atoms with E-state index >= 15 is 0 Å². The number of amides is 1. The predicted octanol–water partition coefficient (Wildman–Crippen LogP) is 5.51. The second-order valence-electron chi connectivity index (χ2n) is 8.81. The summed E-state index contributed by atoms with van der Waals surface area (Å²) < 4.78 is 81.8. The van der Waals surface area contributed by atoms with Gasteiger partial charge in [0.05, 0.1) is 11.1 Å². The summed E-state index contributed by atoms with van der Waals surface area (Å²) in [6.45, 7) is 1.40. The van der Waals surface area contributed by atoms with Gasteiger partial charge >= 0.3 is 12.4 Å². The molecule has 3 aromatic rings. The summed E-state index contributed by atoms with van der Waals surface area (Å²) in [5, 5.41) is 7.99. The molecule has 1 saturated heterocycles. The first-order valence-electron chi connectivity index (χ1n) is 10.9. The number of carbonyl (C=O) groups excluding carboxylic acids is 1. The SMILES string of the molecule is Cc1cc(C(F)(F)F)cc(N2C(=O)C3CCCC3C2c2nncn2-c2cccc(C(F)(F)F)c2)n1. The van der Waals surface area contributed by atoms with Gasteiger partial charge in [-0.3, -0.25) is 14.3 Å². The Balaban J connectivity index is 1.64. The molecule has 0 bridgehead atoms. The average molecular weight is 495 g/mol. The quantitative estimate of drug-likeness (QED) is 0.450. The maximum Gasteiger partial charge on any atom is 0.416 e. The second kappa shape index (κ2) is 8.06. The molecular formula is C23H19F6N5O. The molecular weight excluding hydrogens is 476 g/mol. The van der Waals surface area contributed by atoms with Crippen molar-refractivity contribution in [1.82, 2.24) is 19.7 Å². The van der Waals surface area contributed by atoms with E-state index in [0.717, 1.165) is 30.7 Å². The topological polar surface area (TPSA) is 63.9 Å². The van der Waals surface area contributed by atoms with Crippen molar-refractivity contribution >= 4 is 11.7 Å². The van der Waals surface area contributed by atoms with E-state index < -0.39 is 35.4 Å². The molecule has 1 saturated carbocycles. The van der Waals surface area contributed by atoms with Crippen LogP contribution < -0.4 is 4.90 Å². The maximum atomic E-state index is 13.5. The molecule has 12 heteroatoms. The summed E-state index contributed by atoms with van der Waals surface area (Å²) in [6, 6.07) is 5.45. The van der Waals surface area contributed by atoms with Crippen LogP contribution in [0.2, 0.25) is 0 Å². The highest BCUT2D eigenvalue weighted by Gasteiger charge is 2.53. The Labute approximate surface area is 195 Å². The van der Waals surface area contributed by atoms with Crippen molar-refractivity contribution in [3.05, 3.63) is 65.4 Å². The lowest BCUT2D eigenvalue weighted by molar-refractivity contribution is -0.138. The van der Waals surface area contributed by atoms with Crippen LogP contribution in [0.15, 0.2) is 42.7 Å². The molecule has 2 fully saturated rings. The van der Waals surface area contributed by atoms with Gasteiger partial charge in [-0.15, -0.1) is 10.2 Å². The lowest BCUT2D eigenvalue weighted by Crippen LogP contribution is -2.33. The first-order chi connectivity index (χ1) is 16.4. The largest absolute Gasteiger partial charge is 0.416 e. The van der Waals surface area contributed by atoms with E-state index in [1.807, 2.05) is 0 Å². The zero-order valence-corrected chi connectivity index (χ0v) is 18.3. The van der Waals surface area contributed by atoms with Crippen molar-refractivity contribution < 1.29 is 31.1 Å². The van der Waals surface area contributed by atoms with Crippen LogP contribution in [-0.2, 0) is 17.1 Å². The molecule has 2 aliphatic rings. The van der Waals surface area contributed by atoms with Crippen molar-refractivity contribution in [2.24, 2.45) is 11.8 Å². The number of pyridine rings is 1. The number of hydrogen-bond donors (Lipinski definition) is 0. The summed E-state index contributed by atoms with van der Waals surface area (Å²) in [5.41, 5.74) is -1.61. The molecule has 6 nitrogen and oxygen atoms in total. The number of hydrogen-bond acceptors (Lipinski definition) is 4. The van der Waals surface area contributed by atoms with Gasteiger partial charge in [0, 0.05) is 17.3 Å². The molecule has 0 N–H and O–H groups in total. The Morgan fingerprint density at radius 2 is 1.71 bits per heavy atom. The van der Waals surface area contributed by atoms with Crippen molar-refractivity contribution in [3.8, 4) is 5.69 Å². The van der Waals surface area contributed by atoms with E-state index in [9.17, 15) is 31.1 Å². The van der Waals surface area contributed by atoms with Gasteiger partial charge in [0.15, 0.2) is 5.82 Å². The van der Waals surface area contributed by atoms with Gasteiger partial charge in [0.25, 0.3) is 0 Å². The van der Waals surface area contributed by atoms with Gasteiger partial charge in [0.1, 0.15) is 18.2 Å². The third kappa shape index (κ3) is 4.04. The highest BCUT2D eigenvalue weighted by atomic mass is 19.4. The first kappa shape index (κ1) is 23.3. The lowest BCUT2D eigenvalue weighted by atomic mass is 9.93. The Hall–Kier alpha value is -3.44. The highest BCUT2D eigenvalue weighted by molar-refractivity contribution is 5.98. The van der Waals surface area contributed by atoms with Crippen LogP contribution in [0.5, 0.6) is 0 Å². The minimum atomic E-state index is -4.64. The minimum Gasteiger partial charge on any atom is -0.285 e. The Kier molecular flexibility index (Phi) is 5.37. The number of nitrogens with zero attached hydrogens (tertiary/aromatic N) is 5. The van der Waals surface area contributed by atoms with E-state index in [2.05, 4.69) is 15.2 Å². The summed E-state index contributed by atoms with van der Waals surface area (Å²) in [5.74, 6) is -1.09. The van der Waals surface area contributed by atoms with E-state index in [-0.39, 0.29) is 34.8 Å². The van der Waals surface area contributed by atoms with Crippen LogP contribution in [-0.4, -0.2) is 25.7 Å². The number of alkyl halides is 6. The summed E-state index contributed by atoms with van der Waals surface area (Å²) >= 11 is 0. The first-order valence-corrected chi connectivity index (χ1v) is 10.9. The fourth-order valence-electron chi connectivity index (χ4n) is 5.16. The van der Waals surface area contributed by atoms with E-state index in [1.54, 1.807) is 0 Å². The molecule has 35 heavy (non-hydrogen) atoms. The van der Waals surface area contributed by atoms with Gasteiger partial charge in [-0.25, -0.2) is 4.98 Å². The second-order valence-corrected chi connectivity index (χ2v) is 8.81. The van der Waals surface area contributed by atoms with Gasteiger partial charge in [-0.2, -0.15) is 26.3 Å². The number of halogens is 6. The Morgan fingerprint density at radius 3 is 2.43 bits per heavy atom. The van der Waals surface area contributed by atoms with Crippen molar-refractivity contribution in [2.45, 2.75) is 44.6 Å². The van der Waals surface area contributed by atoms with Gasteiger partial charge < -0.3 is 0 Å². The van der Waals surface area contributed by atoms with Crippen LogP contribution >= 0.6 is 0 Å². The molecule has 3 atom stereocenters. The van der Waals surface area contributed by atoms with Crippen molar-refractivity contribution in [2.75, 3.05) is 4.90 Å². The zero-order valence-electron chi connectivity index (χ0n) is 18.3. The maximum absolute atomic E-state index is 13.5. The van der Waals surface area contributed by atoms with Crippen LogP contribution in [0.1, 0.15) is 47.9 Å². The predicted molar refractivity (Wildman–Crippen MR) is 111 cm³/mol. The average Bonchev–Trinajstić information content (AvgIpc) is 3.49. The number of rotatable bonds is 3. The molecule has 0 spiro atoms. The third-order valence-electron chi connectivity index (χ3n) is 6.61. The minimum absolute atomic E-state index is 0.0813. The Morgan fingerprint density at radius 1 is 0.971 bits per heavy atom. The number of aryl methyl sites for hydroxylation is 1. The summed E-state index contributed by atoms with van der Waals surface area (Å²) in [4.78, 5) is 18.8. The van der Waals surface area contributed by atoms with Crippen LogP contribution in [0, 0.1) is 18.8 Å². The van der Waals surface area contributed by atoms with Crippen molar-refractivity contribution in [3.63, 3.8) is 0 Å². The smallest absolute Gasteiger partial charge is 0.285 e. The van der Waals surface area contributed by atoms with Crippen LogP contribution in [0.4, 0.5) is 32.2 Å². The summed E-state index contributed by atoms with van der Waals surface area (Å²) in [7, 11) is 0. The van der Waals surface area contributed by atoms with Gasteiger partial charge in [-0.05, 0) is 56.0 Å².